The zero-order chi connectivity index (χ0) is 18.0. The van der Waals surface area contributed by atoms with Gasteiger partial charge in [0.1, 0.15) is 5.75 Å². The summed E-state index contributed by atoms with van der Waals surface area (Å²) in [6.07, 6.45) is 2.35. The molecule has 0 unspecified atom stereocenters. The van der Waals surface area contributed by atoms with E-state index in [2.05, 4.69) is 14.7 Å². The second-order valence-corrected chi connectivity index (χ2v) is 6.94. The molecule has 9 heteroatoms. The van der Waals surface area contributed by atoms with Crippen LogP contribution >= 0.6 is 0 Å². The third-order valence-electron chi connectivity index (χ3n) is 3.21. The number of nitrogens with one attached hydrogen (secondary N) is 1. The van der Waals surface area contributed by atoms with Crippen LogP contribution < -0.4 is 9.46 Å². The van der Waals surface area contributed by atoms with Gasteiger partial charge in [-0.1, -0.05) is 12.1 Å². The molecule has 0 saturated carbocycles. The molecule has 3 aromatic rings. The number of carboxylic acid groups (broad SMARTS) is 1. The lowest BCUT2D eigenvalue weighted by Gasteiger charge is -2.08. The topological polar surface area (TPSA) is 118 Å². The van der Waals surface area contributed by atoms with Crippen LogP contribution in [0.4, 0.5) is 5.95 Å². The van der Waals surface area contributed by atoms with Gasteiger partial charge in [-0.25, -0.2) is 18.2 Å². The predicted octanol–water partition coefficient (Wildman–Crippen LogP) is 2.49. The minimum absolute atomic E-state index is 0.103. The molecule has 8 nitrogen and oxygen atoms in total. The average Bonchev–Trinajstić information content (AvgIpc) is 2.52. The molecule has 0 aliphatic carbocycles. The highest BCUT2D eigenvalue weighted by Gasteiger charge is 2.10. The number of carboxylic acids is 1. The summed E-state index contributed by atoms with van der Waals surface area (Å²) < 4.78 is 30.2. The third kappa shape index (κ3) is 4.01. The van der Waals surface area contributed by atoms with E-state index >= 15 is 0 Å². The van der Waals surface area contributed by atoms with Gasteiger partial charge in [0.05, 0.1) is 11.8 Å². The number of anilines is 1. The highest BCUT2D eigenvalue weighted by molar-refractivity contribution is 7.91. The molecule has 0 bridgehead atoms. The maximum atomic E-state index is 11.2. The van der Waals surface area contributed by atoms with Crippen LogP contribution in [0.2, 0.25) is 0 Å². The number of carbonyl (C=O) groups is 1. The van der Waals surface area contributed by atoms with Gasteiger partial charge < -0.3 is 9.84 Å². The van der Waals surface area contributed by atoms with E-state index in [4.69, 9.17) is 4.74 Å². The number of benzene rings is 2. The Morgan fingerprint density at radius 3 is 2.72 bits per heavy atom. The van der Waals surface area contributed by atoms with Crippen LogP contribution in [-0.4, -0.2) is 35.7 Å². The first-order chi connectivity index (χ1) is 11.8. The first-order valence-corrected chi connectivity index (χ1v) is 8.96. The normalized spacial score (nSPS) is 11.2. The van der Waals surface area contributed by atoms with Crippen molar-refractivity contribution in [1.29, 1.82) is 0 Å². The Labute approximate surface area is 143 Å². The summed E-state index contributed by atoms with van der Waals surface area (Å²) in [6.45, 7) is 0. The summed E-state index contributed by atoms with van der Waals surface area (Å²) in [5.74, 6) is -0.533. The Bertz CT molecular complexity index is 1070. The van der Waals surface area contributed by atoms with Crippen molar-refractivity contribution in [3.05, 3.63) is 54.2 Å². The Hall–Kier alpha value is -3.20. The molecular formula is C16H13N3O5S. The van der Waals surface area contributed by atoms with Gasteiger partial charge in [-0.3, -0.25) is 4.72 Å². The van der Waals surface area contributed by atoms with E-state index in [1.165, 1.54) is 18.3 Å². The number of aromatic carboxylic acids is 1. The summed E-state index contributed by atoms with van der Waals surface area (Å²) in [5, 5.41) is 10.5. The van der Waals surface area contributed by atoms with Gasteiger partial charge in [0.2, 0.25) is 21.9 Å². The molecule has 128 valence electrons. The fourth-order valence-electron chi connectivity index (χ4n) is 2.25. The van der Waals surface area contributed by atoms with Crippen molar-refractivity contribution in [1.82, 2.24) is 9.97 Å². The first kappa shape index (κ1) is 16.7. The van der Waals surface area contributed by atoms with Crippen LogP contribution in [0.1, 0.15) is 10.4 Å². The number of rotatable bonds is 5. The number of nitrogens with zero attached hydrogens (tertiary/aromatic N) is 2. The predicted molar refractivity (Wildman–Crippen MR) is 91.5 cm³/mol. The molecule has 0 radical (unpaired) electrons. The van der Waals surface area contributed by atoms with Gasteiger partial charge in [-0.05, 0) is 35.0 Å². The molecule has 0 fully saturated rings. The number of sulfonamides is 1. The third-order valence-corrected chi connectivity index (χ3v) is 3.76. The lowest BCUT2D eigenvalue weighted by molar-refractivity contribution is 0.0699. The SMILES string of the molecule is CS(=O)(=O)Nc1nccc(Oc2ccc3c(C(=O)O)cccc3c2)n1. The number of hydrogen-bond donors (Lipinski definition) is 2. The molecule has 1 heterocycles. The fourth-order valence-corrected chi connectivity index (χ4v) is 2.68. The molecule has 0 amide bonds. The van der Waals surface area contributed by atoms with Crippen LogP contribution in [0.5, 0.6) is 11.6 Å². The van der Waals surface area contributed by atoms with E-state index in [1.807, 2.05) is 0 Å². The van der Waals surface area contributed by atoms with E-state index in [1.54, 1.807) is 30.3 Å². The molecule has 0 aliphatic rings. The van der Waals surface area contributed by atoms with Gasteiger partial charge in [-0.15, -0.1) is 0 Å². The second-order valence-electron chi connectivity index (χ2n) is 5.19. The van der Waals surface area contributed by atoms with E-state index in [-0.39, 0.29) is 17.4 Å². The molecule has 0 aliphatic heterocycles. The molecule has 0 spiro atoms. The summed E-state index contributed by atoms with van der Waals surface area (Å²) >= 11 is 0. The van der Waals surface area contributed by atoms with Gasteiger partial charge >= 0.3 is 5.97 Å². The van der Waals surface area contributed by atoms with Gasteiger partial charge in [0, 0.05) is 12.3 Å². The molecule has 0 atom stereocenters. The first-order valence-electron chi connectivity index (χ1n) is 7.06. The zero-order valence-electron chi connectivity index (χ0n) is 13.0. The van der Waals surface area contributed by atoms with E-state index in [9.17, 15) is 18.3 Å². The molecule has 0 saturated heterocycles. The summed E-state index contributed by atoms with van der Waals surface area (Å²) in [6, 6.07) is 11.3. The van der Waals surface area contributed by atoms with Crippen molar-refractivity contribution < 1.29 is 23.1 Å². The van der Waals surface area contributed by atoms with Gasteiger partial charge in [0.15, 0.2) is 0 Å². The quantitative estimate of drug-likeness (QED) is 0.718. The monoisotopic (exact) mass is 359 g/mol. The van der Waals surface area contributed by atoms with Gasteiger partial charge in [0.25, 0.3) is 0 Å². The van der Waals surface area contributed by atoms with E-state index < -0.39 is 16.0 Å². The largest absolute Gasteiger partial charge is 0.478 e. The highest BCUT2D eigenvalue weighted by atomic mass is 32.2. The maximum Gasteiger partial charge on any atom is 0.336 e. The molecule has 2 N–H and O–H groups in total. The van der Waals surface area contributed by atoms with Gasteiger partial charge in [-0.2, -0.15) is 4.98 Å². The van der Waals surface area contributed by atoms with Crippen molar-refractivity contribution in [2.75, 3.05) is 11.0 Å². The number of hydrogen-bond acceptors (Lipinski definition) is 6. The van der Waals surface area contributed by atoms with Crippen LogP contribution in [0.15, 0.2) is 48.7 Å². The number of ether oxygens (including phenoxy) is 1. The Morgan fingerprint density at radius 2 is 2.00 bits per heavy atom. The van der Waals surface area contributed by atoms with Crippen LogP contribution in [-0.2, 0) is 10.0 Å². The Kier molecular flexibility index (Phi) is 4.24. The van der Waals surface area contributed by atoms with Crippen LogP contribution in [0.3, 0.4) is 0 Å². The van der Waals surface area contributed by atoms with E-state index in [0.29, 0.717) is 16.5 Å². The smallest absolute Gasteiger partial charge is 0.336 e. The summed E-state index contributed by atoms with van der Waals surface area (Å²) in [5.41, 5.74) is 0.200. The number of aromatic nitrogens is 2. The summed E-state index contributed by atoms with van der Waals surface area (Å²) in [7, 11) is -3.49. The summed E-state index contributed by atoms with van der Waals surface area (Å²) in [4.78, 5) is 19.0. The van der Waals surface area contributed by atoms with Crippen molar-refractivity contribution in [2.24, 2.45) is 0 Å². The molecule has 3 rings (SSSR count). The van der Waals surface area contributed by atoms with Crippen LogP contribution in [0, 0.1) is 0 Å². The lowest BCUT2D eigenvalue weighted by Crippen LogP contribution is -2.12. The number of fused-ring (bicyclic) bond motifs is 1. The fraction of sp³-hybridized carbons (Fsp3) is 0.0625. The molecular weight excluding hydrogens is 346 g/mol. The average molecular weight is 359 g/mol. The Balaban J connectivity index is 1.91. The standard InChI is InChI=1S/C16H13N3O5S/c1-25(22,23)19-16-17-8-7-14(18-16)24-11-5-6-12-10(9-11)3-2-4-13(12)15(20)21/h2-9H,1H3,(H,20,21)(H,17,18,19). The van der Waals surface area contributed by atoms with Crippen molar-refractivity contribution in [2.45, 2.75) is 0 Å². The molecule has 2 aromatic carbocycles. The minimum atomic E-state index is -3.49. The maximum absolute atomic E-state index is 11.2. The van der Waals surface area contributed by atoms with Crippen molar-refractivity contribution in [3.8, 4) is 11.6 Å². The Morgan fingerprint density at radius 1 is 1.20 bits per heavy atom. The zero-order valence-corrected chi connectivity index (χ0v) is 13.8. The van der Waals surface area contributed by atoms with Crippen molar-refractivity contribution in [3.63, 3.8) is 0 Å². The highest BCUT2D eigenvalue weighted by Crippen LogP contribution is 2.27. The van der Waals surface area contributed by atoms with Crippen LogP contribution in [0.25, 0.3) is 10.8 Å². The van der Waals surface area contributed by atoms with Crippen molar-refractivity contribution >= 4 is 32.7 Å². The second kappa shape index (κ2) is 6.36. The minimum Gasteiger partial charge on any atom is -0.478 e. The molecule has 25 heavy (non-hydrogen) atoms. The van der Waals surface area contributed by atoms with E-state index in [0.717, 1.165) is 6.26 Å². The lowest BCUT2D eigenvalue weighted by atomic mass is 10.0. The molecule has 1 aromatic heterocycles.